The first kappa shape index (κ1) is 15.6. The van der Waals surface area contributed by atoms with Crippen LogP contribution in [0.2, 0.25) is 0 Å². The third kappa shape index (κ3) is 3.87. The van der Waals surface area contributed by atoms with Gasteiger partial charge in [-0.15, -0.1) is 0 Å². The summed E-state index contributed by atoms with van der Waals surface area (Å²) in [5, 5.41) is 0. The molecule has 2 rings (SSSR count). The highest BCUT2D eigenvalue weighted by molar-refractivity contribution is 5.69. The van der Waals surface area contributed by atoms with E-state index in [2.05, 4.69) is 18.7 Å². The lowest BCUT2D eigenvalue weighted by Crippen LogP contribution is -2.48. The fourth-order valence-electron chi connectivity index (χ4n) is 3.58. The highest BCUT2D eigenvalue weighted by atomic mass is 16.6. The van der Waals surface area contributed by atoms with E-state index in [1.165, 1.54) is 32.1 Å². The van der Waals surface area contributed by atoms with E-state index in [-0.39, 0.29) is 6.09 Å². The second-order valence-electron chi connectivity index (χ2n) is 6.16. The molecule has 0 spiro atoms. The van der Waals surface area contributed by atoms with Crippen LogP contribution in [0, 0.1) is 0 Å². The summed E-state index contributed by atoms with van der Waals surface area (Å²) in [6, 6.07) is 1.17. The van der Waals surface area contributed by atoms with Crippen LogP contribution >= 0.6 is 0 Å². The zero-order valence-electron chi connectivity index (χ0n) is 13.1. The second-order valence-corrected chi connectivity index (χ2v) is 6.16. The summed E-state index contributed by atoms with van der Waals surface area (Å²) in [6.45, 7) is 8.21. The number of unbranched alkanes of at least 4 members (excludes halogenated alkanes) is 1. The standard InChI is InChI=1S/C16H30N2O2/c1-3-5-7-14(6-4-2)17-10-8-15(9-11-17)18-12-13-20-16(18)19/h14-15H,3-13H2,1-2H3. The van der Waals surface area contributed by atoms with Crippen molar-refractivity contribution >= 4 is 6.09 Å². The molecule has 0 radical (unpaired) electrons. The van der Waals surface area contributed by atoms with Crippen LogP contribution in [0.1, 0.15) is 58.8 Å². The van der Waals surface area contributed by atoms with E-state index >= 15 is 0 Å². The van der Waals surface area contributed by atoms with Crippen LogP contribution in [0.5, 0.6) is 0 Å². The summed E-state index contributed by atoms with van der Waals surface area (Å²) in [7, 11) is 0. The molecule has 4 nitrogen and oxygen atoms in total. The molecule has 2 fully saturated rings. The van der Waals surface area contributed by atoms with Gasteiger partial charge in [0.1, 0.15) is 6.61 Å². The Kier molecular flexibility index (Phi) is 6.14. The van der Waals surface area contributed by atoms with Gasteiger partial charge in [0.2, 0.25) is 0 Å². The molecule has 1 unspecified atom stereocenters. The molecular formula is C16H30N2O2. The fourth-order valence-corrected chi connectivity index (χ4v) is 3.58. The van der Waals surface area contributed by atoms with E-state index in [4.69, 9.17) is 4.74 Å². The van der Waals surface area contributed by atoms with E-state index in [0.29, 0.717) is 12.6 Å². The van der Waals surface area contributed by atoms with Crippen LogP contribution in [0.4, 0.5) is 4.79 Å². The van der Waals surface area contributed by atoms with Crippen molar-refractivity contribution in [1.29, 1.82) is 0 Å². The molecule has 0 aromatic carbocycles. The monoisotopic (exact) mass is 282 g/mol. The topological polar surface area (TPSA) is 32.8 Å². The van der Waals surface area contributed by atoms with E-state index in [0.717, 1.165) is 38.5 Å². The fraction of sp³-hybridized carbons (Fsp3) is 0.938. The highest BCUT2D eigenvalue weighted by Crippen LogP contribution is 2.24. The lowest BCUT2D eigenvalue weighted by atomic mass is 9.97. The van der Waals surface area contributed by atoms with E-state index in [1.807, 2.05) is 4.90 Å². The van der Waals surface area contributed by atoms with Gasteiger partial charge in [-0.1, -0.05) is 33.1 Å². The Morgan fingerprint density at radius 1 is 1.15 bits per heavy atom. The third-order valence-corrected chi connectivity index (χ3v) is 4.76. The van der Waals surface area contributed by atoms with Crippen LogP contribution in [-0.2, 0) is 4.74 Å². The molecule has 4 heteroatoms. The maximum atomic E-state index is 11.6. The normalized spacial score (nSPS) is 23.1. The van der Waals surface area contributed by atoms with Gasteiger partial charge < -0.3 is 14.5 Å². The number of likely N-dealkylation sites (tertiary alicyclic amines) is 1. The van der Waals surface area contributed by atoms with Crippen molar-refractivity contribution in [1.82, 2.24) is 9.80 Å². The summed E-state index contributed by atoms with van der Waals surface area (Å²) < 4.78 is 5.06. The van der Waals surface area contributed by atoms with E-state index in [9.17, 15) is 4.79 Å². The van der Waals surface area contributed by atoms with Gasteiger partial charge in [-0.05, 0) is 25.7 Å². The number of piperidine rings is 1. The van der Waals surface area contributed by atoms with Crippen molar-refractivity contribution in [2.45, 2.75) is 70.9 Å². The number of ether oxygens (including phenoxy) is 1. The molecule has 2 aliphatic rings. The zero-order valence-corrected chi connectivity index (χ0v) is 13.1. The lowest BCUT2D eigenvalue weighted by Gasteiger charge is -2.39. The van der Waals surface area contributed by atoms with E-state index < -0.39 is 0 Å². The number of amides is 1. The molecule has 1 atom stereocenters. The van der Waals surface area contributed by atoms with Crippen molar-refractivity contribution in [2.24, 2.45) is 0 Å². The zero-order chi connectivity index (χ0) is 14.4. The first-order valence-corrected chi connectivity index (χ1v) is 8.43. The minimum Gasteiger partial charge on any atom is -0.448 e. The molecule has 0 N–H and O–H groups in total. The molecule has 0 aromatic rings. The minimum absolute atomic E-state index is 0.0976. The molecular weight excluding hydrogens is 252 g/mol. The van der Waals surface area contributed by atoms with Gasteiger partial charge in [-0.3, -0.25) is 0 Å². The number of cyclic esters (lactones) is 1. The number of hydrogen-bond acceptors (Lipinski definition) is 3. The maximum absolute atomic E-state index is 11.6. The van der Waals surface area contributed by atoms with Crippen LogP contribution in [-0.4, -0.2) is 54.2 Å². The Balaban J connectivity index is 1.80. The highest BCUT2D eigenvalue weighted by Gasteiger charge is 2.33. The van der Waals surface area contributed by atoms with Gasteiger partial charge in [0, 0.05) is 25.2 Å². The molecule has 2 heterocycles. The summed E-state index contributed by atoms with van der Waals surface area (Å²) in [5.41, 5.74) is 0. The van der Waals surface area contributed by atoms with Gasteiger partial charge in [0.25, 0.3) is 0 Å². The first-order chi connectivity index (χ1) is 9.76. The van der Waals surface area contributed by atoms with E-state index in [1.54, 1.807) is 0 Å². The number of nitrogens with zero attached hydrogens (tertiary/aromatic N) is 2. The molecule has 116 valence electrons. The van der Waals surface area contributed by atoms with Gasteiger partial charge in [0.15, 0.2) is 0 Å². The third-order valence-electron chi connectivity index (χ3n) is 4.76. The number of carbonyl (C=O) groups excluding carboxylic acids is 1. The molecule has 0 saturated carbocycles. The first-order valence-electron chi connectivity index (χ1n) is 8.43. The van der Waals surface area contributed by atoms with Crippen molar-refractivity contribution in [3.63, 3.8) is 0 Å². The SMILES string of the molecule is CCCCC(CCC)N1CCC(N2CCOC2=O)CC1. The minimum atomic E-state index is -0.0976. The molecule has 1 amide bonds. The van der Waals surface area contributed by atoms with Crippen molar-refractivity contribution in [2.75, 3.05) is 26.2 Å². The maximum Gasteiger partial charge on any atom is 0.410 e. The summed E-state index contributed by atoms with van der Waals surface area (Å²) >= 11 is 0. The smallest absolute Gasteiger partial charge is 0.410 e. The largest absolute Gasteiger partial charge is 0.448 e. The number of rotatable bonds is 7. The predicted molar refractivity (Wildman–Crippen MR) is 80.9 cm³/mol. The molecule has 20 heavy (non-hydrogen) atoms. The van der Waals surface area contributed by atoms with Gasteiger partial charge in [-0.2, -0.15) is 0 Å². The van der Waals surface area contributed by atoms with Gasteiger partial charge in [-0.25, -0.2) is 4.79 Å². The number of hydrogen-bond donors (Lipinski definition) is 0. The second kappa shape index (κ2) is 7.87. The predicted octanol–water partition coefficient (Wildman–Crippen LogP) is 3.26. The summed E-state index contributed by atoms with van der Waals surface area (Å²) in [4.78, 5) is 16.2. The molecule has 2 saturated heterocycles. The average molecular weight is 282 g/mol. The van der Waals surface area contributed by atoms with Crippen molar-refractivity contribution in [3.8, 4) is 0 Å². The molecule has 0 aliphatic carbocycles. The Labute approximate surface area is 123 Å². The Bertz CT molecular complexity index is 301. The Morgan fingerprint density at radius 2 is 1.90 bits per heavy atom. The summed E-state index contributed by atoms with van der Waals surface area (Å²) in [5.74, 6) is 0. The van der Waals surface area contributed by atoms with Crippen LogP contribution in [0.3, 0.4) is 0 Å². The van der Waals surface area contributed by atoms with Gasteiger partial charge in [0.05, 0.1) is 6.54 Å². The molecule has 2 aliphatic heterocycles. The Morgan fingerprint density at radius 3 is 2.45 bits per heavy atom. The quantitative estimate of drug-likeness (QED) is 0.718. The van der Waals surface area contributed by atoms with Crippen molar-refractivity contribution in [3.05, 3.63) is 0 Å². The average Bonchev–Trinajstić information content (AvgIpc) is 2.90. The lowest BCUT2D eigenvalue weighted by molar-refractivity contribution is 0.0899. The van der Waals surface area contributed by atoms with Crippen molar-refractivity contribution < 1.29 is 9.53 Å². The Hall–Kier alpha value is -0.770. The van der Waals surface area contributed by atoms with Crippen LogP contribution < -0.4 is 0 Å². The molecule has 0 bridgehead atoms. The molecule has 0 aromatic heterocycles. The summed E-state index contributed by atoms with van der Waals surface area (Å²) in [6.07, 6.45) is 8.67. The van der Waals surface area contributed by atoms with Gasteiger partial charge >= 0.3 is 6.09 Å². The van der Waals surface area contributed by atoms with Crippen LogP contribution in [0.25, 0.3) is 0 Å². The van der Waals surface area contributed by atoms with Crippen LogP contribution in [0.15, 0.2) is 0 Å². The number of carbonyl (C=O) groups is 1.